The van der Waals surface area contributed by atoms with Crippen LogP contribution >= 0.6 is 0 Å². The van der Waals surface area contributed by atoms with E-state index in [1.165, 1.54) is 12.1 Å². The Balaban J connectivity index is 1.61. The fourth-order valence-corrected chi connectivity index (χ4v) is 3.59. The van der Waals surface area contributed by atoms with Crippen LogP contribution in [0.1, 0.15) is 28.8 Å². The second-order valence-electron chi connectivity index (χ2n) is 8.09. The summed E-state index contributed by atoms with van der Waals surface area (Å²) in [7, 11) is 0. The molecule has 0 atom stereocenters. The molecule has 4 rings (SSSR count). The molecule has 1 N–H and O–H groups in total. The van der Waals surface area contributed by atoms with Gasteiger partial charge in [-0.05, 0) is 81.3 Å². The van der Waals surface area contributed by atoms with E-state index in [4.69, 9.17) is 4.74 Å². The minimum atomic E-state index is -0.323. The third-order valence-corrected chi connectivity index (χ3v) is 5.35. The van der Waals surface area contributed by atoms with E-state index in [0.29, 0.717) is 23.7 Å². The molecule has 0 spiro atoms. The largest absolute Gasteiger partial charge is 0.439 e. The van der Waals surface area contributed by atoms with E-state index in [-0.39, 0.29) is 18.1 Å². The summed E-state index contributed by atoms with van der Waals surface area (Å²) in [6, 6.07) is 21.5. The molecule has 0 fully saturated rings. The Morgan fingerprint density at radius 2 is 1.70 bits per heavy atom. The van der Waals surface area contributed by atoms with Gasteiger partial charge in [0.1, 0.15) is 11.6 Å². The van der Waals surface area contributed by atoms with Gasteiger partial charge in [-0.15, -0.1) is 0 Å². The van der Waals surface area contributed by atoms with Crippen LogP contribution in [-0.4, -0.2) is 15.7 Å². The molecule has 0 saturated carbocycles. The molecular formula is C27H26FN3O2. The molecular weight excluding hydrogens is 417 g/mol. The summed E-state index contributed by atoms with van der Waals surface area (Å²) >= 11 is 0. The Bertz CT molecular complexity index is 1260. The lowest BCUT2D eigenvalue weighted by atomic mass is 10.1. The fraction of sp³-hybridized carbons (Fsp3) is 0.185. The van der Waals surface area contributed by atoms with Gasteiger partial charge in [-0.25, -0.2) is 9.07 Å². The summed E-state index contributed by atoms with van der Waals surface area (Å²) in [6.07, 6.45) is 0.722. The summed E-state index contributed by atoms with van der Waals surface area (Å²) in [6.45, 7) is 5.88. The minimum absolute atomic E-state index is 0.0872. The minimum Gasteiger partial charge on any atom is -0.439 e. The molecule has 0 saturated heterocycles. The monoisotopic (exact) mass is 443 g/mol. The molecule has 0 aliphatic heterocycles. The van der Waals surface area contributed by atoms with Crippen LogP contribution in [0.25, 0.3) is 5.69 Å². The van der Waals surface area contributed by atoms with Crippen molar-refractivity contribution in [2.45, 2.75) is 33.6 Å². The predicted molar refractivity (Wildman–Crippen MR) is 128 cm³/mol. The topological polar surface area (TPSA) is 56.1 Å². The number of rotatable bonds is 7. The molecule has 0 aliphatic rings. The average molecular weight is 444 g/mol. The van der Waals surface area contributed by atoms with Gasteiger partial charge >= 0.3 is 0 Å². The molecule has 0 bridgehead atoms. The van der Waals surface area contributed by atoms with Gasteiger partial charge < -0.3 is 10.1 Å². The van der Waals surface area contributed by atoms with Crippen molar-refractivity contribution in [3.63, 3.8) is 0 Å². The highest BCUT2D eigenvalue weighted by molar-refractivity contribution is 5.90. The predicted octanol–water partition coefficient (Wildman–Crippen LogP) is 6.30. The van der Waals surface area contributed by atoms with E-state index in [1.807, 2.05) is 69.3 Å². The lowest BCUT2D eigenvalue weighted by Crippen LogP contribution is -2.12. The van der Waals surface area contributed by atoms with Crippen LogP contribution in [0.15, 0.2) is 72.8 Å². The highest BCUT2D eigenvalue weighted by Crippen LogP contribution is 2.32. The van der Waals surface area contributed by atoms with Crippen LogP contribution in [0, 0.1) is 26.6 Å². The van der Waals surface area contributed by atoms with Gasteiger partial charge in [0.15, 0.2) is 0 Å². The van der Waals surface area contributed by atoms with Crippen molar-refractivity contribution in [2.24, 2.45) is 0 Å². The Morgan fingerprint density at radius 1 is 0.970 bits per heavy atom. The fourth-order valence-electron chi connectivity index (χ4n) is 3.59. The van der Waals surface area contributed by atoms with Gasteiger partial charge in [0.25, 0.3) is 0 Å². The van der Waals surface area contributed by atoms with Gasteiger partial charge in [0, 0.05) is 17.7 Å². The summed E-state index contributed by atoms with van der Waals surface area (Å²) in [5, 5.41) is 7.58. The number of amides is 1. The maximum Gasteiger partial charge on any atom is 0.226 e. The molecule has 1 aromatic heterocycles. The molecule has 0 unspecified atom stereocenters. The van der Waals surface area contributed by atoms with Gasteiger partial charge in [-0.2, -0.15) is 5.10 Å². The average Bonchev–Trinajstić information content (AvgIpc) is 3.09. The number of aromatic nitrogens is 2. The first-order chi connectivity index (χ1) is 15.9. The molecule has 1 amide bonds. The van der Waals surface area contributed by atoms with Gasteiger partial charge in [0.05, 0.1) is 11.4 Å². The number of aryl methyl sites for hydroxylation is 3. The summed E-state index contributed by atoms with van der Waals surface area (Å²) in [4.78, 5) is 12.6. The SMILES string of the molecule is Cc1ccc(Oc2c(CCC(=O)Nc3cccc(C)c3)c(C)nn2-c2ccc(F)cc2)cc1. The third-order valence-electron chi connectivity index (χ3n) is 5.35. The van der Waals surface area contributed by atoms with Crippen LogP contribution in [0.5, 0.6) is 11.6 Å². The summed E-state index contributed by atoms with van der Waals surface area (Å²) in [5.41, 5.74) is 5.24. The zero-order chi connectivity index (χ0) is 23.4. The summed E-state index contributed by atoms with van der Waals surface area (Å²) < 4.78 is 21.4. The number of carbonyl (C=O) groups is 1. The van der Waals surface area contributed by atoms with E-state index >= 15 is 0 Å². The van der Waals surface area contributed by atoms with Crippen LogP contribution in [0.3, 0.4) is 0 Å². The van der Waals surface area contributed by atoms with Gasteiger partial charge in [-0.3, -0.25) is 4.79 Å². The number of ether oxygens (including phenoxy) is 1. The zero-order valence-corrected chi connectivity index (χ0v) is 18.9. The number of halogens is 1. The molecule has 6 heteroatoms. The Kier molecular flexibility index (Phi) is 6.54. The summed E-state index contributed by atoms with van der Waals surface area (Å²) in [5.74, 6) is 0.771. The van der Waals surface area contributed by atoms with Crippen LogP contribution in [-0.2, 0) is 11.2 Å². The third kappa shape index (κ3) is 5.47. The van der Waals surface area contributed by atoms with E-state index in [9.17, 15) is 9.18 Å². The van der Waals surface area contributed by atoms with Crippen LogP contribution in [0.2, 0.25) is 0 Å². The Hall–Kier alpha value is -3.93. The van der Waals surface area contributed by atoms with Gasteiger partial charge in [0.2, 0.25) is 11.8 Å². The molecule has 0 aliphatic carbocycles. The normalized spacial score (nSPS) is 10.8. The standard InChI is InChI=1S/C27H26FN3O2/c1-18-7-13-24(14-8-18)33-27-25(15-16-26(32)29-22-6-4-5-19(2)17-22)20(3)30-31(27)23-11-9-21(28)10-12-23/h4-14,17H,15-16H2,1-3H3,(H,29,32). The molecule has 0 radical (unpaired) electrons. The van der Waals surface area contributed by atoms with Crippen molar-refractivity contribution in [1.82, 2.24) is 9.78 Å². The lowest BCUT2D eigenvalue weighted by molar-refractivity contribution is -0.116. The first kappa shape index (κ1) is 22.3. The number of hydrogen-bond acceptors (Lipinski definition) is 3. The first-order valence-corrected chi connectivity index (χ1v) is 10.8. The molecule has 3 aromatic carbocycles. The molecule has 5 nitrogen and oxygen atoms in total. The Morgan fingerprint density at radius 3 is 2.39 bits per heavy atom. The quantitative estimate of drug-likeness (QED) is 0.365. The highest BCUT2D eigenvalue weighted by atomic mass is 19.1. The van der Waals surface area contributed by atoms with Crippen molar-refractivity contribution in [1.29, 1.82) is 0 Å². The number of carbonyl (C=O) groups excluding carboxylic acids is 1. The maximum atomic E-state index is 13.5. The molecule has 168 valence electrons. The van der Waals surface area contributed by atoms with Crippen molar-refractivity contribution in [3.05, 3.63) is 101 Å². The second-order valence-corrected chi connectivity index (χ2v) is 8.09. The first-order valence-electron chi connectivity index (χ1n) is 10.8. The second kappa shape index (κ2) is 9.69. The number of anilines is 1. The van der Waals surface area contributed by atoms with Crippen molar-refractivity contribution >= 4 is 11.6 Å². The number of nitrogens with one attached hydrogen (secondary N) is 1. The zero-order valence-electron chi connectivity index (χ0n) is 18.9. The van der Waals surface area contributed by atoms with Gasteiger partial charge in [-0.1, -0.05) is 29.8 Å². The van der Waals surface area contributed by atoms with Crippen molar-refractivity contribution in [3.8, 4) is 17.3 Å². The molecule has 33 heavy (non-hydrogen) atoms. The molecule has 1 heterocycles. The van der Waals surface area contributed by atoms with E-state index in [2.05, 4.69) is 10.4 Å². The lowest BCUT2D eigenvalue weighted by Gasteiger charge is -2.12. The van der Waals surface area contributed by atoms with Crippen LogP contribution in [0.4, 0.5) is 10.1 Å². The van der Waals surface area contributed by atoms with Crippen molar-refractivity contribution in [2.75, 3.05) is 5.32 Å². The number of benzene rings is 3. The van der Waals surface area contributed by atoms with Crippen LogP contribution < -0.4 is 10.1 Å². The van der Waals surface area contributed by atoms with E-state index in [0.717, 1.165) is 28.1 Å². The maximum absolute atomic E-state index is 13.5. The molecule has 4 aromatic rings. The number of hydrogen-bond donors (Lipinski definition) is 1. The smallest absolute Gasteiger partial charge is 0.226 e. The highest BCUT2D eigenvalue weighted by Gasteiger charge is 2.20. The van der Waals surface area contributed by atoms with E-state index < -0.39 is 0 Å². The van der Waals surface area contributed by atoms with E-state index in [1.54, 1.807) is 16.8 Å². The van der Waals surface area contributed by atoms with Crippen molar-refractivity contribution < 1.29 is 13.9 Å². The Labute approximate surface area is 192 Å². The number of nitrogens with zero attached hydrogens (tertiary/aromatic N) is 2.